The molecule has 1 amide bonds. The summed E-state index contributed by atoms with van der Waals surface area (Å²) in [6.07, 6.45) is 3.67. The topological polar surface area (TPSA) is 94.1 Å². The van der Waals surface area contributed by atoms with E-state index in [0.717, 1.165) is 5.56 Å². The van der Waals surface area contributed by atoms with E-state index >= 15 is 0 Å². The minimum atomic E-state index is -1.42. The number of nitrogens with zero attached hydrogens (tertiary/aromatic N) is 1. The molecule has 1 heterocycles. The lowest BCUT2D eigenvalue weighted by molar-refractivity contribution is -0.125. The predicted octanol–water partition coefficient (Wildman–Crippen LogP) is 5.60. The van der Waals surface area contributed by atoms with Crippen molar-refractivity contribution in [3.05, 3.63) is 106 Å². The van der Waals surface area contributed by atoms with Crippen molar-refractivity contribution in [1.82, 2.24) is 0 Å². The second-order valence-electron chi connectivity index (χ2n) is 8.34. The van der Waals surface area contributed by atoms with Crippen LogP contribution < -0.4 is 10.5 Å². The predicted molar refractivity (Wildman–Crippen MR) is 142 cm³/mol. The van der Waals surface area contributed by atoms with Crippen molar-refractivity contribution >= 4 is 41.1 Å². The zero-order valence-corrected chi connectivity index (χ0v) is 21.0. The van der Waals surface area contributed by atoms with Gasteiger partial charge in [-0.15, -0.1) is 0 Å². The zero-order chi connectivity index (χ0) is 25.5. The third kappa shape index (κ3) is 5.73. The Balaban J connectivity index is 1.70. The van der Waals surface area contributed by atoms with E-state index in [1.165, 1.54) is 0 Å². The summed E-state index contributed by atoms with van der Waals surface area (Å²) < 4.78 is 11.9. The molecule has 0 aliphatic carbocycles. The highest BCUT2D eigenvalue weighted by Gasteiger charge is 2.52. The fourth-order valence-corrected chi connectivity index (χ4v) is 4.48. The number of aliphatic imine (C=N–C) groups is 1. The standard InChI is InChI=1S/C28H26Cl2N2O4/c29-21-11-14-23(24(30)18-21)25-28(27(31)34,15-4-8-19-6-2-1-3-7-19)32-26(36-25)20-9-12-22(13-10-20)35-17-5-16-33/h1-4,6-14,18,25,33H,5,15-17H2,(H2,31,34)/b8-4+/t25-,28-/m1/s1. The number of hydrogen-bond acceptors (Lipinski definition) is 5. The van der Waals surface area contributed by atoms with Gasteiger partial charge >= 0.3 is 0 Å². The van der Waals surface area contributed by atoms with Gasteiger partial charge in [-0.25, -0.2) is 4.99 Å². The molecule has 3 aromatic rings. The van der Waals surface area contributed by atoms with E-state index in [-0.39, 0.29) is 18.9 Å². The van der Waals surface area contributed by atoms with Crippen molar-refractivity contribution in [2.75, 3.05) is 13.2 Å². The molecule has 3 aromatic carbocycles. The van der Waals surface area contributed by atoms with E-state index in [2.05, 4.69) is 0 Å². The Morgan fingerprint density at radius 3 is 2.53 bits per heavy atom. The summed E-state index contributed by atoms with van der Waals surface area (Å²) in [5.41, 5.74) is 6.77. The van der Waals surface area contributed by atoms with Crippen LogP contribution in [0.15, 0.2) is 83.9 Å². The fourth-order valence-electron chi connectivity index (χ4n) is 3.97. The van der Waals surface area contributed by atoms with Crippen molar-refractivity contribution in [1.29, 1.82) is 0 Å². The van der Waals surface area contributed by atoms with Gasteiger partial charge < -0.3 is 20.3 Å². The van der Waals surface area contributed by atoms with Crippen LogP contribution in [-0.2, 0) is 9.53 Å². The van der Waals surface area contributed by atoms with E-state index in [4.69, 9.17) is 48.5 Å². The molecule has 0 fully saturated rings. The molecule has 0 spiro atoms. The number of carbonyl (C=O) groups is 1. The third-order valence-electron chi connectivity index (χ3n) is 5.85. The molecule has 186 valence electrons. The first-order chi connectivity index (χ1) is 17.4. The quantitative estimate of drug-likeness (QED) is 0.337. The van der Waals surface area contributed by atoms with Gasteiger partial charge in [0.05, 0.1) is 6.61 Å². The molecular weight excluding hydrogens is 499 g/mol. The molecule has 0 radical (unpaired) electrons. The number of aliphatic hydroxyl groups is 1. The summed E-state index contributed by atoms with van der Waals surface area (Å²) in [5.74, 6) is 0.296. The van der Waals surface area contributed by atoms with Gasteiger partial charge in [-0.1, -0.05) is 71.8 Å². The number of primary amides is 1. The lowest BCUT2D eigenvalue weighted by Gasteiger charge is -2.28. The van der Waals surface area contributed by atoms with E-state index < -0.39 is 17.6 Å². The molecule has 0 unspecified atom stereocenters. The van der Waals surface area contributed by atoms with Gasteiger partial charge in [-0.3, -0.25) is 4.79 Å². The lowest BCUT2D eigenvalue weighted by atomic mass is 9.84. The van der Waals surface area contributed by atoms with Crippen molar-refractivity contribution < 1.29 is 19.4 Å². The monoisotopic (exact) mass is 524 g/mol. The molecule has 0 bridgehead atoms. The summed E-state index contributed by atoms with van der Waals surface area (Å²) in [6, 6.07) is 21.9. The molecule has 4 rings (SSSR count). The van der Waals surface area contributed by atoms with Gasteiger partial charge in [-0.2, -0.15) is 0 Å². The number of ether oxygens (including phenoxy) is 2. The molecule has 0 aromatic heterocycles. The number of benzene rings is 3. The number of rotatable bonds is 10. The Kier molecular flexibility index (Phi) is 8.31. The summed E-state index contributed by atoms with van der Waals surface area (Å²) in [7, 11) is 0. The Bertz CT molecular complexity index is 1260. The van der Waals surface area contributed by atoms with Crippen LogP contribution in [0, 0.1) is 0 Å². The number of halogens is 2. The molecule has 0 saturated heterocycles. The molecule has 2 atom stereocenters. The molecule has 6 nitrogen and oxygen atoms in total. The fraction of sp³-hybridized carbons (Fsp3) is 0.214. The number of hydrogen-bond donors (Lipinski definition) is 2. The molecular formula is C28H26Cl2N2O4. The molecule has 36 heavy (non-hydrogen) atoms. The van der Waals surface area contributed by atoms with Crippen molar-refractivity contribution in [2.45, 2.75) is 24.5 Å². The van der Waals surface area contributed by atoms with Crippen molar-refractivity contribution in [3.8, 4) is 5.75 Å². The van der Waals surface area contributed by atoms with Gasteiger partial charge in [0, 0.05) is 40.6 Å². The Labute approximate surface area is 220 Å². The van der Waals surface area contributed by atoms with E-state index in [0.29, 0.717) is 39.9 Å². The van der Waals surface area contributed by atoms with Gasteiger partial charge in [0.15, 0.2) is 11.6 Å². The minimum Gasteiger partial charge on any atom is -0.494 e. The minimum absolute atomic E-state index is 0.0608. The van der Waals surface area contributed by atoms with Crippen LogP contribution in [0.4, 0.5) is 0 Å². The third-order valence-corrected chi connectivity index (χ3v) is 6.41. The molecule has 1 aliphatic rings. The number of aliphatic hydroxyl groups excluding tert-OH is 1. The Morgan fingerprint density at radius 2 is 1.86 bits per heavy atom. The maximum absolute atomic E-state index is 13.0. The average Bonchev–Trinajstić information content (AvgIpc) is 3.26. The number of amides is 1. The highest BCUT2D eigenvalue weighted by Crippen LogP contribution is 2.45. The van der Waals surface area contributed by atoms with Gasteiger partial charge in [-0.05, 0) is 42.0 Å². The molecule has 8 heteroatoms. The van der Waals surface area contributed by atoms with Crippen molar-refractivity contribution in [3.63, 3.8) is 0 Å². The second-order valence-corrected chi connectivity index (χ2v) is 9.18. The Morgan fingerprint density at radius 1 is 1.11 bits per heavy atom. The van der Waals surface area contributed by atoms with Crippen LogP contribution in [0.2, 0.25) is 10.0 Å². The second kappa shape index (κ2) is 11.6. The maximum atomic E-state index is 13.0. The van der Waals surface area contributed by atoms with Crippen LogP contribution in [0.3, 0.4) is 0 Å². The SMILES string of the molecule is NC(=O)[C@]1(C/C=C/c2ccccc2)N=C(c2ccc(OCCCO)cc2)O[C@@H]1c1ccc(Cl)cc1Cl. The number of carbonyl (C=O) groups excluding carboxylic acids is 1. The summed E-state index contributed by atoms with van der Waals surface area (Å²) in [6.45, 7) is 0.467. The first kappa shape index (κ1) is 25.8. The highest BCUT2D eigenvalue weighted by atomic mass is 35.5. The average molecular weight is 525 g/mol. The smallest absolute Gasteiger partial charge is 0.250 e. The largest absolute Gasteiger partial charge is 0.494 e. The van der Waals surface area contributed by atoms with Gasteiger partial charge in [0.2, 0.25) is 11.8 Å². The summed E-state index contributed by atoms with van der Waals surface area (Å²) in [4.78, 5) is 17.7. The van der Waals surface area contributed by atoms with Gasteiger partial charge in [0.1, 0.15) is 5.75 Å². The van der Waals surface area contributed by atoms with Crippen LogP contribution in [0.1, 0.15) is 35.6 Å². The molecule has 1 aliphatic heterocycles. The van der Waals surface area contributed by atoms with Crippen LogP contribution >= 0.6 is 23.2 Å². The summed E-state index contributed by atoms with van der Waals surface area (Å²) >= 11 is 12.6. The van der Waals surface area contributed by atoms with Gasteiger partial charge in [0.25, 0.3) is 0 Å². The first-order valence-corrected chi connectivity index (χ1v) is 12.3. The zero-order valence-electron chi connectivity index (χ0n) is 19.4. The Hall–Kier alpha value is -3.32. The van der Waals surface area contributed by atoms with Crippen LogP contribution in [0.25, 0.3) is 6.08 Å². The highest BCUT2D eigenvalue weighted by molar-refractivity contribution is 6.35. The van der Waals surface area contributed by atoms with Crippen LogP contribution in [0.5, 0.6) is 5.75 Å². The molecule has 3 N–H and O–H groups in total. The van der Waals surface area contributed by atoms with E-state index in [1.54, 1.807) is 42.5 Å². The number of nitrogens with two attached hydrogens (primary N) is 1. The van der Waals surface area contributed by atoms with Crippen LogP contribution in [-0.4, -0.2) is 35.7 Å². The normalized spacial score (nSPS) is 19.2. The maximum Gasteiger partial charge on any atom is 0.250 e. The molecule has 0 saturated carbocycles. The summed E-state index contributed by atoms with van der Waals surface area (Å²) in [5, 5.41) is 9.76. The van der Waals surface area contributed by atoms with Crippen molar-refractivity contribution in [2.24, 2.45) is 10.7 Å². The van der Waals surface area contributed by atoms with E-state index in [1.807, 2.05) is 42.5 Å². The van der Waals surface area contributed by atoms with E-state index in [9.17, 15) is 4.79 Å². The lowest BCUT2D eigenvalue weighted by Crippen LogP contribution is -2.45. The first-order valence-electron chi connectivity index (χ1n) is 11.5.